The van der Waals surface area contributed by atoms with E-state index in [1.807, 2.05) is 5.38 Å². The normalized spacial score (nSPS) is 14.8. The zero-order valence-electron chi connectivity index (χ0n) is 11.2. The van der Waals surface area contributed by atoms with Gasteiger partial charge in [0.2, 0.25) is 0 Å². The molecule has 4 nitrogen and oxygen atoms in total. The number of hydrogen-bond acceptors (Lipinski definition) is 6. The number of nitrogen functional groups attached to an aromatic ring is 1. The van der Waals surface area contributed by atoms with Crippen LogP contribution in [0.1, 0.15) is 38.3 Å². The molecule has 2 N–H and O–H groups in total. The highest BCUT2D eigenvalue weighted by Crippen LogP contribution is 2.47. The zero-order valence-corrected chi connectivity index (χ0v) is 12.9. The summed E-state index contributed by atoms with van der Waals surface area (Å²) in [6.45, 7) is 6.32. The molecule has 2 heterocycles. The lowest BCUT2D eigenvalue weighted by Gasteiger charge is -2.16. The van der Waals surface area contributed by atoms with Gasteiger partial charge < -0.3 is 10.6 Å². The molecule has 102 valence electrons. The molecule has 0 saturated heterocycles. The van der Waals surface area contributed by atoms with E-state index < -0.39 is 0 Å². The molecular formula is C13H18N4S2. The minimum Gasteiger partial charge on any atom is -0.375 e. The average molecular weight is 294 g/mol. The van der Waals surface area contributed by atoms with Crippen LogP contribution in [0.25, 0.3) is 10.6 Å². The summed E-state index contributed by atoms with van der Waals surface area (Å²) >= 11 is 3.26. The molecule has 0 aromatic carbocycles. The molecule has 1 fully saturated rings. The van der Waals surface area contributed by atoms with Crippen LogP contribution in [0.2, 0.25) is 0 Å². The van der Waals surface area contributed by atoms with Gasteiger partial charge in [-0.05, 0) is 26.7 Å². The van der Waals surface area contributed by atoms with Crippen molar-refractivity contribution in [3.8, 4) is 10.6 Å². The van der Waals surface area contributed by atoms with Crippen molar-refractivity contribution in [3.63, 3.8) is 0 Å². The first kappa shape index (κ1) is 12.9. The number of thiazole rings is 2. The number of rotatable bonds is 5. The van der Waals surface area contributed by atoms with E-state index in [9.17, 15) is 0 Å². The van der Waals surface area contributed by atoms with Crippen LogP contribution in [-0.4, -0.2) is 23.1 Å². The molecule has 1 saturated carbocycles. The summed E-state index contributed by atoms with van der Waals surface area (Å²) in [7, 11) is 0. The number of aromatic nitrogens is 2. The predicted octanol–water partition coefficient (Wildman–Crippen LogP) is 3.57. The molecular weight excluding hydrogens is 276 g/mol. The second-order valence-corrected chi connectivity index (χ2v) is 6.60. The summed E-state index contributed by atoms with van der Waals surface area (Å²) < 4.78 is 0. The topological polar surface area (TPSA) is 55.0 Å². The third-order valence-corrected chi connectivity index (χ3v) is 5.22. The predicted molar refractivity (Wildman–Crippen MR) is 83.2 cm³/mol. The van der Waals surface area contributed by atoms with E-state index in [0.717, 1.165) is 23.9 Å². The van der Waals surface area contributed by atoms with Gasteiger partial charge in [0.1, 0.15) is 0 Å². The Balaban J connectivity index is 2.02. The summed E-state index contributed by atoms with van der Waals surface area (Å²) in [5.41, 5.74) is 7.99. The lowest BCUT2D eigenvalue weighted by atomic mass is 10.2. The molecule has 2 aromatic rings. The number of nitrogens with two attached hydrogens (primary N) is 1. The van der Waals surface area contributed by atoms with Gasteiger partial charge in [0.15, 0.2) is 10.3 Å². The number of nitrogens with zero attached hydrogens (tertiary/aromatic N) is 3. The first-order chi connectivity index (χ1) is 9.22. The van der Waals surface area contributed by atoms with Crippen molar-refractivity contribution in [2.75, 3.05) is 23.7 Å². The minimum atomic E-state index is 0.634. The minimum absolute atomic E-state index is 0.634. The SMILES string of the molecule is CCN(CC)c1nc(C2CC2)c(-c2csc(N)n2)s1. The smallest absolute Gasteiger partial charge is 0.186 e. The lowest BCUT2D eigenvalue weighted by Crippen LogP contribution is -2.21. The van der Waals surface area contributed by atoms with Gasteiger partial charge in [-0.2, -0.15) is 0 Å². The van der Waals surface area contributed by atoms with E-state index >= 15 is 0 Å². The highest BCUT2D eigenvalue weighted by atomic mass is 32.1. The quantitative estimate of drug-likeness (QED) is 0.916. The van der Waals surface area contributed by atoms with Crippen LogP contribution in [0.5, 0.6) is 0 Å². The zero-order chi connectivity index (χ0) is 13.4. The molecule has 0 radical (unpaired) electrons. The van der Waals surface area contributed by atoms with E-state index in [-0.39, 0.29) is 0 Å². The van der Waals surface area contributed by atoms with Crippen molar-refractivity contribution in [2.24, 2.45) is 0 Å². The molecule has 2 aromatic heterocycles. The van der Waals surface area contributed by atoms with Crippen molar-refractivity contribution in [3.05, 3.63) is 11.1 Å². The highest BCUT2D eigenvalue weighted by molar-refractivity contribution is 7.19. The number of hydrogen-bond donors (Lipinski definition) is 1. The molecule has 0 bridgehead atoms. The largest absolute Gasteiger partial charge is 0.375 e. The standard InChI is InChI=1S/C13H18N4S2/c1-3-17(4-2)13-16-10(8-5-6-8)11(19-13)9-7-18-12(14)15-9/h7-8H,3-6H2,1-2H3,(H2,14,15). The Labute approximate surface area is 121 Å². The Morgan fingerprint density at radius 1 is 1.32 bits per heavy atom. The van der Waals surface area contributed by atoms with Gasteiger partial charge in [0.25, 0.3) is 0 Å². The van der Waals surface area contributed by atoms with Crippen LogP contribution in [0.4, 0.5) is 10.3 Å². The summed E-state index contributed by atoms with van der Waals surface area (Å²) in [4.78, 5) is 12.8. The van der Waals surface area contributed by atoms with E-state index in [2.05, 4.69) is 23.7 Å². The fourth-order valence-electron chi connectivity index (χ4n) is 2.16. The van der Waals surface area contributed by atoms with E-state index in [1.165, 1.54) is 34.7 Å². The molecule has 0 aliphatic heterocycles. The van der Waals surface area contributed by atoms with Crippen LogP contribution in [0.15, 0.2) is 5.38 Å². The monoisotopic (exact) mass is 294 g/mol. The molecule has 0 spiro atoms. The van der Waals surface area contributed by atoms with Gasteiger partial charge in [-0.1, -0.05) is 11.3 Å². The van der Waals surface area contributed by atoms with Crippen molar-refractivity contribution in [1.29, 1.82) is 0 Å². The van der Waals surface area contributed by atoms with Gasteiger partial charge >= 0.3 is 0 Å². The van der Waals surface area contributed by atoms with E-state index in [1.54, 1.807) is 11.3 Å². The third kappa shape index (κ3) is 2.47. The van der Waals surface area contributed by atoms with Gasteiger partial charge in [0.05, 0.1) is 16.3 Å². The maximum atomic E-state index is 5.76. The third-order valence-electron chi connectivity index (χ3n) is 3.39. The number of anilines is 2. The van der Waals surface area contributed by atoms with Gasteiger partial charge in [-0.15, -0.1) is 11.3 Å². The highest BCUT2D eigenvalue weighted by Gasteiger charge is 2.31. The van der Waals surface area contributed by atoms with E-state index in [4.69, 9.17) is 10.7 Å². The van der Waals surface area contributed by atoms with Crippen molar-refractivity contribution in [2.45, 2.75) is 32.6 Å². The first-order valence-electron chi connectivity index (χ1n) is 6.70. The van der Waals surface area contributed by atoms with Crippen LogP contribution in [-0.2, 0) is 0 Å². The molecule has 1 aliphatic carbocycles. The Hall–Kier alpha value is -1.14. The molecule has 1 aliphatic rings. The Kier molecular flexibility index (Phi) is 3.45. The van der Waals surface area contributed by atoms with Crippen molar-refractivity contribution < 1.29 is 0 Å². The first-order valence-corrected chi connectivity index (χ1v) is 8.39. The summed E-state index contributed by atoms with van der Waals surface area (Å²) in [6, 6.07) is 0. The maximum Gasteiger partial charge on any atom is 0.186 e. The van der Waals surface area contributed by atoms with Crippen molar-refractivity contribution in [1.82, 2.24) is 9.97 Å². The Morgan fingerprint density at radius 3 is 2.58 bits per heavy atom. The summed E-state index contributed by atoms with van der Waals surface area (Å²) in [5.74, 6) is 0.637. The molecule has 0 atom stereocenters. The summed E-state index contributed by atoms with van der Waals surface area (Å²) in [5, 5.41) is 3.80. The molecule has 6 heteroatoms. The van der Waals surface area contributed by atoms with Crippen LogP contribution >= 0.6 is 22.7 Å². The molecule has 3 rings (SSSR count). The fourth-order valence-corrected chi connectivity index (χ4v) is 4.03. The van der Waals surface area contributed by atoms with Crippen LogP contribution in [0, 0.1) is 0 Å². The van der Waals surface area contributed by atoms with Gasteiger partial charge in [-0.25, -0.2) is 9.97 Å². The lowest BCUT2D eigenvalue weighted by molar-refractivity contribution is 0.853. The Bertz CT molecular complexity index is 567. The fraction of sp³-hybridized carbons (Fsp3) is 0.538. The Morgan fingerprint density at radius 2 is 2.05 bits per heavy atom. The van der Waals surface area contributed by atoms with Crippen molar-refractivity contribution >= 4 is 32.9 Å². The van der Waals surface area contributed by atoms with Crippen LogP contribution in [0.3, 0.4) is 0 Å². The second kappa shape index (κ2) is 5.09. The maximum absolute atomic E-state index is 5.76. The molecule has 19 heavy (non-hydrogen) atoms. The average Bonchev–Trinajstić information content (AvgIpc) is 3.02. The van der Waals surface area contributed by atoms with E-state index in [0.29, 0.717) is 11.0 Å². The van der Waals surface area contributed by atoms with Gasteiger partial charge in [-0.3, -0.25) is 0 Å². The second-order valence-electron chi connectivity index (χ2n) is 4.73. The molecule has 0 amide bonds. The summed E-state index contributed by atoms with van der Waals surface area (Å²) in [6.07, 6.45) is 2.52. The molecule has 0 unspecified atom stereocenters. The van der Waals surface area contributed by atoms with Crippen LogP contribution < -0.4 is 10.6 Å². The van der Waals surface area contributed by atoms with Gasteiger partial charge in [0, 0.05) is 24.4 Å².